The van der Waals surface area contributed by atoms with Gasteiger partial charge in [-0.15, -0.1) is 0 Å². The van der Waals surface area contributed by atoms with Crippen LogP contribution in [0.5, 0.6) is 0 Å². The second-order valence-corrected chi connectivity index (χ2v) is 6.28. The van der Waals surface area contributed by atoms with Crippen LogP contribution >= 0.6 is 0 Å². The number of carbonyl (C=O) groups excluding carboxylic acids is 1. The van der Waals surface area contributed by atoms with Gasteiger partial charge in [0, 0.05) is 12.3 Å². The van der Waals surface area contributed by atoms with Crippen molar-refractivity contribution in [2.24, 2.45) is 0 Å². The molecule has 1 atom stereocenters. The van der Waals surface area contributed by atoms with E-state index in [4.69, 9.17) is 15.4 Å². The molecule has 2 heterocycles. The molecular weight excluding hydrogens is 342 g/mol. The highest BCUT2D eigenvalue weighted by Gasteiger charge is 2.30. The molecule has 1 aromatic rings. The highest BCUT2D eigenvalue weighted by molar-refractivity contribution is 5.86. The maximum Gasteiger partial charge on any atom is 0.225 e. The van der Waals surface area contributed by atoms with E-state index in [0.717, 1.165) is 18.8 Å². The Balaban J connectivity index is 0.000000313. The molecule has 1 saturated heterocycles. The SMILES string of the molecule is C[NH+]1CCOCC1.N#CC(=C=[N-])C1=C(C#N)C(c2ccccc2)CC(=O)N1. The van der Waals surface area contributed by atoms with E-state index in [0.29, 0.717) is 0 Å². The van der Waals surface area contributed by atoms with Gasteiger partial charge in [0.25, 0.3) is 0 Å². The average Bonchev–Trinajstić information content (AvgIpc) is 2.70. The third-order valence-electron chi connectivity index (χ3n) is 4.41. The minimum atomic E-state index is -0.429. The second-order valence-electron chi connectivity index (χ2n) is 6.28. The number of rotatable bonds is 2. The van der Waals surface area contributed by atoms with Gasteiger partial charge >= 0.3 is 0 Å². The molecule has 0 saturated carbocycles. The summed E-state index contributed by atoms with van der Waals surface area (Å²) >= 11 is 0. The number of benzene rings is 1. The zero-order valence-electron chi connectivity index (χ0n) is 15.2. The van der Waals surface area contributed by atoms with E-state index in [2.05, 4.69) is 12.4 Å². The number of quaternary nitrogens is 1. The van der Waals surface area contributed by atoms with Crippen molar-refractivity contribution >= 4 is 11.8 Å². The average molecular weight is 363 g/mol. The quantitative estimate of drug-likeness (QED) is 0.581. The number of nitrogens with one attached hydrogen (secondary N) is 2. The van der Waals surface area contributed by atoms with Gasteiger partial charge in [-0.25, -0.2) is 5.87 Å². The first-order valence-electron chi connectivity index (χ1n) is 8.66. The van der Waals surface area contributed by atoms with Crippen LogP contribution in [0.2, 0.25) is 0 Å². The Morgan fingerprint density at radius 1 is 1.26 bits per heavy atom. The van der Waals surface area contributed by atoms with E-state index in [-0.39, 0.29) is 29.2 Å². The monoisotopic (exact) mass is 363 g/mol. The Hall–Kier alpha value is -3.22. The lowest BCUT2D eigenvalue weighted by atomic mass is 9.84. The summed E-state index contributed by atoms with van der Waals surface area (Å²) in [6.45, 7) is 4.26. The molecule has 0 radical (unpaired) electrons. The molecular formula is C20H21N5O2. The van der Waals surface area contributed by atoms with Gasteiger partial charge < -0.3 is 20.4 Å². The van der Waals surface area contributed by atoms with Crippen molar-refractivity contribution in [3.8, 4) is 12.1 Å². The first-order valence-corrected chi connectivity index (χ1v) is 8.66. The predicted octanol–water partition coefficient (Wildman–Crippen LogP) is 0.288. The van der Waals surface area contributed by atoms with E-state index < -0.39 is 5.92 Å². The molecule has 1 amide bonds. The molecule has 138 valence electrons. The Kier molecular flexibility index (Phi) is 7.49. The number of allylic oxidation sites excluding steroid dienone is 2. The van der Waals surface area contributed by atoms with Gasteiger partial charge in [0.15, 0.2) is 0 Å². The van der Waals surface area contributed by atoms with Crippen LogP contribution in [0, 0.1) is 22.7 Å². The molecule has 0 spiro atoms. The molecule has 1 unspecified atom stereocenters. The minimum Gasteiger partial charge on any atom is -0.762 e. The Morgan fingerprint density at radius 3 is 2.41 bits per heavy atom. The molecule has 1 aromatic carbocycles. The van der Waals surface area contributed by atoms with Gasteiger partial charge in [-0.2, -0.15) is 10.5 Å². The molecule has 0 aromatic heterocycles. The van der Waals surface area contributed by atoms with Gasteiger partial charge in [0.05, 0.1) is 43.2 Å². The van der Waals surface area contributed by atoms with Gasteiger partial charge in [0.1, 0.15) is 19.2 Å². The summed E-state index contributed by atoms with van der Waals surface area (Å²) in [5.41, 5.74) is 0.832. The number of hydrogen-bond donors (Lipinski definition) is 2. The Morgan fingerprint density at radius 2 is 1.93 bits per heavy atom. The normalized spacial score (nSPS) is 19.5. The Bertz CT molecular complexity index is 835. The van der Waals surface area contributed by atoms with Gasteiger partial charge in [-0.05, 0) is 5.56 Å². The predicted molar refractivity (Wildman–Crippen MR) is 99.5 cm³/mol. The summed E-state index contributed by atoms with van der Waals surface area (Å²) < 4.78 is 5.12. The number of amides is 1. The lowest BCUT2D eigenvalue weighted by Gasteiger charge is -2.25. The largest absolute Gasteiger partial charge is 0.762 e. The van der Waals surface area contributed by atoms with E-state index >= 15 is 0 Å². The summed E-state index contributed by atoms with van der Waals surface area (Å²) in [6, 6.07) is 12.8. The smallest absolute Gasteiger partial charge is 0.225 e. The number of nitriles is 2. The van der Waals surface area contributed by atoms with E-state index in [1.165, 1.54) is 13.1 Å². The fraction of sp³-hybridized carbons (Fsp3) is 0.350. The summed E-state index contributed by atoms with van der Waals surface area (Å²) in [5, 5.41) is 29.6. The zero-order chi connectivity index (χ0) is 19.6. The van der Waals surface area contributed by atoms with Crippen molar-refractivity contribution in [1.82, 2.24) is 5.32 Å². The number of carbonyl (C=O) groups is 1. The van der Waals surface area contributed by atoms with Crippen molar-refractivity contribution in [3.63, 3.8) is 0 Å². The number of likely N-dealkylation sites (N-methyl/N-ethyl adjacent to an activating group) is 1. The van der Waals surface area contributed by atoms with Crippen molar-refractivity contribution in [1.29, 1.82) is 10.5 Å². The first-order chi connectivity index (χ1) is 13.1. The number of ether oxygens (including phenoxy) is 1. The molecule has 7 nitrogen and oxygen atoms in total. The zero-order valence-corrected chi connectivity index (χ0v) is 15.2. The van der Waals surface area contributed by atoms with Crippen LogP contribution in [0.4, 0.5) is 0 Å². The molecule has 2 aliphatic rings. The van der Waals surface area contributed by atoms with Crippen LogP contribution in [0.15, 0.2) is 47.2 Å². The summed E-state index contributed by atoms with van der Waals surface area (Å²) in [6.07, 6.45) is 0.126. The van der Waals surface area contributed by atoms with Gasteiger partial charge in [-0.1, -0.05) is 30.3 Å². The maximum atomic E-state index is 11.8. The fourth-order valence-corrected chi connectivity index (χ4v) is 2.88. The topological polar surface area (TPSA) is 113 Å². The third-order valence-corrected chi connectivity index (χ3v) is 4.41. The standard InChI is InChI=1S/C15H9N4O.C5H11NO/c16-7-11(8-17)15-13(9-18)12(6-14(20)19-15)10-4-2-1-3-5-10;1-6-2-4-7-5-3-6/h1-5,12H,6H2,(H,19,20);2-5H2,1H3/q-1;/p+1. The van der Waals surface area contributed by atoms with Crippen LogP contribution in [-0.2, 0) is 9.53 Å². The van der Waals surface area contributed by atoms with Crippen molar-refractivity contribution in [2.75, 3.05) is 33.4 Å². The van der Waals surface area contributed by atoms with Crippen LogP contribution in [0.1, 0.15) is 17.9 Å². The molecule has 2 aliphatic heterocycles. The fourth-order valence-electron chi connectivity index (χ4n) is 2.88. The van der Waals surface area contributed by atoms with Crippen molar-refractivity contribution < 1.29 is 14.4 Å². The van der Waals surface area contributed by atoms with E-state index in [1.807, 2.05) is 36.4 Å². The third kappa shape index (κ3) is 5.37. The molecule has 2 N–H and O–H groups in total. The van der Waals surface area contributed by atoms with Gasteiger partial charge in [0.2, 0.25) is 5.91 Å². The highest BCUT2D eigenvalue weighted by Crippen LogP contribution is 2.33. The number of hydrogen-bond acceptors (Lipinski definition) is 4. The van der Waals surface area contributed by atoms with Gasteiger partial charge in [-0.3, -0.25) is 4.79 Å². The summed E-state index contributed by atoms with van der Waals surface area (Å²) in [5.74, 6) is 0.972. The summed E-state index contributed by atoms with van der Waals surface area (Å²) in [4.78, 5) is 13.4. The molecule has 1 fully saturated rings. The number of morpholine rings is 1. The van der Waals surface area contributed by atoms with E-state index in [9.17, 15) is 10.1 Å². The van der Waals surface area contributed by atoms with Crippen LogP contribution in [-0.4, -0.2) is 45.1 Å². The second kappa shape index (κ2) is 10.1. The van der Waals surface area contributed by atoms with Crippen LogP contribution < -0.4 is 10.2 Å². The van der Waals surface area contributed by atoms with Crippen molar-refractivity contribution in [2.45, 2.75) is 12.3 Å². The molecule has 0 aliphatic carbocycles. The lowest BCUT2D eigenvalue weighted by Crippen LogP contribution is -3.11. The van der Waals surface area contributed by atoms with E-state index in [1.54, 1.807) is 16.8 Å². The highest BCUT2D eigenvalue weighted by atomic mass is 16.5. The molecule has 0 bridgehead atoms. The van der Waals surface area contributed by atoms with Crippen LogP contribution in [0.25, 0.3) is 5.41 Å². The van der Waals surface area contributed by atoms with Crippen molar-refractivity contribution in [3.05, 3.63) is 58.1 Å². The molecule has 27 heavy (non-hydrogen) atoms. The molecule has 7 heteroatoms. The minimum absolute atomic E-state index is 0.0302. The number of nitrogens with zero attached hydrogens (tertiary/aromatic N) is 3. The first kappa shape index (κ1) is 20.1. The Labute approximate surface area is 158 Å². The molecule has 3 rings (SSSR count). The lowest BCUT2D eigenvalue weighted by molar-refractivity contribution is -0.888. The maximum absolute atomic E-state index is 11.8. The van der Waals surface area contributed by atoms with Crippen LogP contribution in [0.3, 0.4) is 0 Å². The summed E-state index contributed by atoms with van der Waals surface area (Å²) in [7, 11) is 2.20.